The topological polar surface area (TPSA) is 29.5 Å². The van der Waals surface area contributed by atoms with Gasteiger partial charge in [-0.25, -0.2) is 0 Å². The second-order valence-electron chi connectivity index (χ2n) is 4.47. The van der Waals surface area contributed by atoms with Crippen molar-refractivity contribution >= 4 is 11.6 Å². The first-order valence-corrected chi connectivity index (χ1v) is 6.15. The van der Waals surface area contributed by atoms with Gasteiger partial charge < -0.3 is 9.84 Å². The smallest absolute Gasteiger partial charge is 0.137 e. The molecule has 16 heavy (non-hydrogen) atoms. The van der Waals surface area contributed by atoms with Crippen molar-refractivity contribution in [2.75, 3.05) is 6.61 Å². The number of ether oxygens (including phenoxy) is 1. The number of halogens is 1. The van der Waals surface area contributed by atoms with Crippen molar-refractivity contribution in [3.63, 3.8) is 0 Å². The molecule has 1 fully saturated rings. The molecule has 0 amide bonds. The Kier molecular flexibility index (Phi) is 3.72. The molecular weight excluding hydrogens is 224 g/mol. The van der Waals surface area contributed by atoms with Crippen LogP contribution in [0.1, 0.15) is 37.9 Å². The summed E-state index contributed by atoms with van der Waals surface area (Å²) < 4.78 is 5.66. The van der Waals surface area contributed by atoms with Gasteiger partial charge in [0.1, 0.15) is 5.75 Å². The molecule has 1 atom stereocenters. The van der Waals surface area contributed by atoms with Gasteiger partial charge in [-0.1, -0.05) is 24.1 Å². The summed E-state index contributed by atoms with van der Waals surface area (Å²) in [5.74, 6) is 1.42. The van der Waals surface area contributed by atoms with Crippen LogP contribution in [-0.4, -0.2) is 11.7 Å². The summed E-state index contributed by atoms with van der Waals surface area (Å²) in [5, 5.41) is 9.99. The number of aliphatic hydroxyl groups is 1. The second-order valence-corrected chi connectivity index (χ2v) is 4.88. The highest BCUT2D eigenvalue weighted by atomic mass is 35.5. The average molecular weight is 241 g/mol. The third kappa shape index (κ3) is 2.69. The standard InChI is InChI=1S/C13H17ClO2/c1-9(15)11-5-6-13(12(14)7-11)16-8-10-3-2-4-10/h5-7,9-10,15H,2-4,8H2,1H3/t9-/m1/s1. The molecule has 3 heteroatoms. The van der Waals surface area contributed by atoms with E-state index in [0.717, 1.165) is 17.9 Å². The van der Waals surface area contributed by atoms with E-state index < -0.39 is 6.10 Å². The molecule has 0 heterocycles. The fourth-order valence-corrected chi connectivity index (χ4v) is 2.00. The first-order valence-electron chi connectivity index (χ1n) is 5.77. The molecule has 2 nitrogen and oxygen atoms in total. The highest BCUT2D eigenvalue weighted by molar-refractivity contribution is 6.32. The van der Waals surface area contributed by atoms with Gasteiger partial charge in [-0.15, -0.1) is 0 Å². The number of benzene rings is 1. The van der Waals surface area contributed by atoms with Crippen molar-refractivity contribution in [3.05, 3.63) is 28.8 Å². The van der Waals surface area contributed by atoms with Crippen molar-refractivity contribution < 1.29 is 9.84 Å². The van der Waals surface area contributed by atoms with E-state index in [1.165, 1.54) is 19.3 Å². The van der Waals surface area contributed by atoms with Gasteiger partial charge in [0.15, 0.2) is 0 Å². The molecule has 0 radical (unpaired) electrons. The van der Waals surface area contributed by atoms with Crippen LogP contribution < -0.4 is 4.74 Å². The van der Waals surface area contributed by atoms with Gasteiger partial charge in [0.05, 0.1) is 17.7 Å². The monoisotopic (exact) mass is 240 g/mol. The van der Waals surface area contributed by atoms with Gasteiger partial charge in [0, 0.05) is 0 Å². The number of rotatable bonds is 4. The van der Waals surface area contributed by atoms with Crippen LogP contribution in [-0.2, 0) is 0 Å². The van der Waals surface area contributed by atoms with Crippen LogP contribution in [0.4, 0.5) is 0 Å². The fourth-order valence-electron chi connectivity index (χ4n) is 1.76. The molecule has 0 spiro atoms. The SMILES string of the molecule is C[C@@H](O)c1ccc(OCC2CCC2)c(Cl)c1. The van der Waals surface area contributed by atoms with E-state index in [0.29, 0.717) is 10.9 Å². The molecule has 1 N–H and O–H groups in total. The second kappa shape index (κ2) is 5.07. The third-order valence-corrected chi connectivity index (χ3v) is 3.43. The largest absolute Gasteiger partial charge is 0.492 e. The molecule has 1 aromatic rings. The van der Waals surface area contributed by atoms with E-state index in [1.54, 1.807) is 13.0 Å². The summed E-state index contributed by atoms with van der Waals surface area (Å²) in [6.07, 6.45) is 3.37. The molecule has 88 valence electrons. The van der Waals surface area contributed by atoms with Gasteiger partial charge in [-0.2, -0.15) is 0 Å². The predicted octanol–water partition coefficient (Wildman–Crippen LogP) is 3.57. The van der Waals surface area contributed by atoms with Crippen LogP contribution >= 0.6 is 11.6 Å². The molecule has 1 saturated carbocycles. The van der Waals surface area contributed by atoms with Gasteiger partial charge in [-0.05, 0) is 43.4 Å². The Morgan fingerprint density at radius 3 is 2.75 bits per heavy atom. The Bertz CT molecular complexity index is 359. The van der Waals surface area contributed by atoms with Crippen molar-refractivity contribution in [2.45, 2.75) is 32.3 Å². The molecule has 0 bridgehead atoms. The zero-order chi connectivity index (χ0) is 11.5. The average Bonchev–Trinajstić information content (AvgIpc) is 2.17. The molecule has 0 saturated heterocycles. The molecule has 2 rings (SSSR count). The molecule has 0 unspecified atom stereocenters. The van der Waals surface area contributed by atoms with E-state index in [9.17, 15) is 5.11 Å². The fraction of sp³-hybridized carbons (Fsp3) is 0.538. The number of hydrogen-bond acceptors (Lipinski definition) is 2. The summed E-state index contributed by atoms with van der Waals surface area (Å²) >= 11 is 6.08. The third-order valence-electron chi connectivity index (χ3n) is 3.14. The Labute approximate surface area is 101 Å². The maximum absolute atomic E-state index is 9.40. The van der Waals surface area contributed by atoms with Crippen LogP contribution in [0.3, 0.4) is 0 Å². The number of hydrogen-bond donors (Lipinski definition) is 1. The van der Waals surface area contributed by atoms with Crippen molar-refractivity contribution in [1.82, 2.24) is 0 Å². The minimum absolute atomic E-state index is 0.488. The van der Waals surface area contributed by atoms with Crippen LogP contribution in [0, 0.1) is 5.92 Å². The van der Waals surface area contributed by atoms with Crippen LogP contribution in [0.2, 0.25) is 5.02 Å². The molecular formula is C13H17ClO2. The normalized spacial score (nSPS) is 17.9. The zero-order valence-electron chi connectivity index (χ0n) is 9.45. The van der Waals surface area contributed by atoms with Gasteiger partial charge in [0.25, 0.3) is 0 Å². The van der Waals surface area contributed by atoms with Crippen LogP contribution in [0.15, 0.2) is 18.2 Å². The quantitative estimate of drug-likeness (QED) is 0.872. The van der Waals surface area contributed by atoms with Crippen molar-refractivity contribution in [2.24, 2.45) is 5.92 Å². The molecule has 0 aromatic heterocycles. The first-order chi connectivity index (χ1) is 7.66. The van der Waals surface area contributed by atoms with E-state index in [-0.39, 0.29) is 0 Å². The highest BCUT2D eigenvalue weighted by Crippen LogP contribution is 2.31. The lowest BCUT2D eigenvalue weighted by atomic mass is 9.86. The lowest BCUT2D eigenvalue weighted by Gasteiger charge is -2.25. The maximum Gasteiger partial charge on any atom is 0.137 e. The van der Waals surface area contributed by atoms with Gasteiger partial charge in [-0.3, -0.25) is 0 Å². The van der Waals surface area contributed by atoms with E-state index >= 15 is 0 Å². The Hall–Kier alpha value is -0.730. The Morgan fingerprint density at radius 2 is 2.25 bits per heavy atom. The molecule has 1 aromatic carbocycles. The van der Waals surface area contributed by atoms with E-state index in [2.05, 4.69) is 0 Å². The summed E-state index contributed by atoms with van der Waals surface area (Å²) in [5.41, 5.74) is 0.820. The molecule has 1 aliphatic carbocycles. The minimum atomic E-state index is -0.488. The van der Waals surface area contributed by atoms with Crippen molar-refractivity contribution in [1.29, 1.82) is 0 Å². The molecule has 0 aliphatic heterocycles. The Balaban J connectivity index is 1.98. The zero-order valence-corrected chi connectivity index (χ0v) is 10.2. The summed E-state index contributed by atoms with van der Waals surface area (Å²) in [7, 11) is 0. The van der Waals surface area contributed by atoms with E-state index in [4.69, 9.17) is 16.3 Å². The highest BCUT2D eigenvalue weighted by Gasteiger charge is 2.18. The summed E-state index contributed by atoms with van der Waals surface area (Å²) in [6, 6.07) is 5.46. The lowest BCUT2D eigenvalue weighted by Crippen LogP contribution is -2.19. The van der Waals surface area contributed by atoms with E-state index in [1.807, 2.05) is 12.1 Å². The van der Waals surface area contributed by atoms with Gasteiger partial charge in [0.2, 0.25) is 0 Å². The predicted molar refractivity (Wildman–Crippen MR) is 64.9 cm³/mol. The lowest BCUT2D eigenvalue weighted by molar-refractivity contribution is 0.180. The van der Waals surface area contributed by atoms with Crippen molar-refractivity contribution in [3.8, 4) is 5.75 Å². The molecule has 1 aliphatic rings. The van der Waals surface area contributed by atoms with Crippen LogP contribution in [0.5, 0.6) is 5.75 Å². The van der Waals surface area contributed by atoms with Crippen LogP contribution in [0.25, 0.3) is 0 Å². The summed E-state index contributed by atoms with van der Waals surface area (Å²) in [6.45, 7) is 2.48. The first kappa shape index (κ1) is 11.7. The summed E-state index contributed by atoms with van der Waals surface area (Å²) in [4.78, 5) is 0. The maximum atomic E-state index is 9.40. The van der Waals surface area contributed by atoms with Gasteiger partial charge >= 0.3 is 0 Å². The Morgan fingerprint density at radius 1 is 1.50 bits per heavy atom. The number of aliphatic hydroxyl groups excluding tert-OH is 1. The minimum Gasteiger partial charge on any atom is -0.492 e.